The van der Waals surface area contributed by atoms with E-state index in [1.165, 1.54) is 0 Å². The van der Waals surface area contributed by atoms with Crippen molar-refractivity contribution in [3.05, 3.63) is 64.6 Å². The van der Waals surface area contributed by atoms with Gasteiger partial charge in [0, 0.05) is 31.6 Å². The van der Waals surface area contributed by atoms with Gasteiger partial charge in [-0.3, -0.25) is 18.7 Å². The average molecular weight is 409 g/mol. The number of aryl methyl sites for hydroxylation is 2. The van der Waals surface area contributed by atoms with Crippen LogP contribution in [0.2, 0.25) is 0 Å². The molecule has 30 heavy (non-hydrogen) atoms. The first-order chi connectivity index (χ1) is 14.4. The number of anilines is 1. The Labute approximate surface area is 175 Å². The number of carbonyl (C=O) groups is 2. The number of imidazole rings is 1. The van der Waals surface area contributed by atoms with Gasteiger partial charge in [-0.05, 0) is 43.7 Å². The van der Waals surface area contributed by atoms with Crippen LogP contribution in [-0.4, -0.2) is 20.9 Å². The smallest absolute Gasteiger partial charge is 0.329 e. The highest BCUT2D eigenvalue weighted by Crippen LogP contribution is 2.17. The van der Waals surface area contributed by atoms with E-state index in [0.29, 0.717) is 19.5 Å². The number of amides is 2. The molecule has 2 N–H and O–H groups in total. The number of fused-ring (bicyclic) bond motifs is 1. The van der Waals surface area contributed by atoms with Gasteiger partial charge >= 0.3 is 5.69 Å². The van der Waals surface area contributed by atoms with Gasteiger partial charge in [0.1, 0.15) is 0 Å². The van der Waals surface area contributed by atoms with Crippen molar-refractivity contribution in [3.8, 4) is 0 Å². The number of hydrogen-bond donors (Lipinski definition) is 2. The van der Waals surface area contributed by atoms with Crippen molar-refractivity contribution >= 4 is 28.5 Å². The molecule has 1 aromatic heterocycles. The molecule has 3 aromatic rings. The summed E-state index contributed by atoms with van der Waals surface area (Å²) >= 11 is 0. The van der Waals surface area contributed by atoms with Crippen LogP contribution < -0.4 is 16.3 Å². The first kappa shape index (κ1) is 21.4. The van der Waals surface area contributed by atoms with Gasteiger partial charge in [0.15, 0.2) is 0 Å². The lowest BCUT2D eigenvalue weighted by Gasteiger charge is -2.15. The molecule has 1 unspecified atom stereocenters. The summed E-state index contributed by atoms with van der Waals surface area (Å²) in [4.78, 5) is 36.6. The Hall–Kier alpha value is -3.35. The van der Waals surface area contributed by atoms with Gasteiger partial charge in [-0.2, -0.15) is 0 Å². The summed E-state index contributed by atoms with van der Waals surface area (Å²) in [6.07, 6.45) is 0.640. The minimum atomic E-state index is -0.179. The first-order valence-electron chi connectivity index (χ1n) is 10.3. The number of nitrogens with one attached hydrogen (secondary N) is 2. The largest absolute Gasteiger partial charge is 0.350 e. The second-order valence-corrected chi connectivity index (χ2v) is 7.23. The molecule has 0 saturated carbocycles. The number of hydrogen-bond acceptors (Lipinski definition) is 3. The van der Waals surface area contributed by atoms with Gasteiger partial charge in [0.05, 0.1) is 17.1 Å². The van der Waals surface area contributed by atoms with E-state index in [1.807, 2.05) is 62.4 Å². The van der Waals surface area contributed by atoms with Crippen molar-refractivity contribution in [2.45, 2.75) is 52.7 Å². The summed E-state index contributed by atoms with van der Waals surface area (Å²) in [6, 6.07) is 14.9. The molecule has 0 radical (unpaired) electrons. The Balaban J connectivity index is 1.62. The van der Waals surface area contributed by atoms with Crippen molar-refractivity contribution in [1.82, 2.24) is 14.5 Å². The Bertz CT molecular complexity index is 1100. The highest BCUT2D eigenvalue weighted by Gasteiger charge is 2.14. The third-order valence-corrected chi connectivity index (χ3v) is 5.20. The Morgan fingerprint density at radius 1 is 0.933 bits per heavy atom. The Kier molecular flexibility index (Phi) is 6.72. The number of rotatable bonds is 8. The zero-order chi connectivity index (χ0) is 21.7. The fourth-order valence-electron chi connectivity index (χ4n) is 3.51. The molecule has 0 aliphatic rings. The lowest BCUT2D eigenvalue weighted by Crippen LogP contribution is -2.30. The first-order valence-corrected chi connectivity index (χ1v) is 10.3. The second kappa shape index (κ2) is 9.43. The summed E-state index contributed by atoms with van der Waals surface area (Å²) in [7, 11) is 0. The van der Waals surface area contributed by atoms with E-state index in [0.717, 1.165) is 22.3 Å². The fraction of sp³-hybridized carbons (Fsp3) is 0.348. The molecule has 0 bridgehead atoms. The van der Waals surface area contributed by atoms with Crippen LogP contribution in [0.5, 0.6) is 0 Å². The van der Waals surface area contributed by atoms with Crippen molar-refractivity contribution in [1.29, 1.82) is 0 Å². The van der Waals surface area contributed by atoms with Gasteiger partial charge in [0.2, 0.25) is 11.8 Å². The molecule has 2 amide bonds. The molecule has 0 fully saturated rings. The van der Waals surface area contributed by atoms with Crippen molar-refractivity contribution in [3.63, 3.8) is 0 Å². The molecule has 0 spiro atoms. The predicted octanol–water partition coefficient (Wildman–Crippen LogP) is 3.44. The van der Waals surface area contributed by atoms with E-state index >= 15 is 0 Å². The van der Waals surface area contributed by atoms with Crippen LogP contribution in [0.4, 0.5) is 5.69 Å². The van der Waals surface area contributed by atoms with E-state index in [9.17, 15) is 14.4 Å². The zero-order valence-electron chi connectivity index (χ0n) is 17.6. The number of benzene rings is 2. The molecule has 0 aliphatic carbocycles. The highest BCUT2D eigenvalue weighted by atomic mass is 16.2. The molecular weight excluding hydrogens is 380 g/mol. The van der Waals surface area contributed by atoms with E-state index in [-0.39, 0.29) is 30.0 Å². The van der Waals surface area contributed by atoms with Gasteiger partial charge in [0.25, 0.3) is 0 Å². The maximum absolute atomic E-state index is 12.7. The van der Waals surface area contributed by atoms with Gasteiger partial charge < -0.3 is 10.6 Å². The normalized spacial score (nSPS) is 12.0. The maximum Gasteiger partial charge on any atom is 0.329 e. The lowest BCUT2D eigenvalue weighted by atomic mass is 10.1. The minimum absolute atomic E-state index is 0.0382. The molecule has 0 saturated heterocycles. The molecule has 7 nitrogen and oxygen atoms in total. The van der Waals surface area contributed by atoms with Crippen LogP contribution in [0.25, 0.3) is 11.0 Å². The van der Waals surface area contributed by atoms with Crippen LogP contribution in [0, 0.1) is 0 Å². The molecular formula is C23H28N4O3. The van der Waals surface area contributed by atoms with Crippen molar-refractivity contribution in [2.75, 3.05) is 5.32 Å². The van der Waals surface area contributed by atoms with Gasteiger partial charge in [-0.25, -0.2) is 4.79 Å². The van der Waals surface area contributed by atoms with Gasteiger partial charge in [-0.1, -0.05) is 31.2 Å². The molecule has 1 atom stereocenters. The van der Waals surface area contributed by atoms with Crippen molar-refractivity contribution < 1.29 is 9.59 Å². The van der Waals surface area contributed by atoms with E-state index in [2.05, 4.69) is 10.6 Å². The zero-order valence-corrected chi connectivity index (χ0v) is 17.6. The lowest BCUT2D eigenvalue weighted by molar-refractivity contribution is -0.122. The number of para-hydroxylation sites is 2. The average Bonchev–Trinajstić information content (AvgIpc) is 3.03. The number of nitrogens with zero attached hydrogens (tertiary/aromatic N) is 2. The van der Waals surface area contributed by atoms with E-state index in [4.69, 9.17) is 0 Å². The van der Waals surface area contributed by atoms with Crippen LogP contribution in [0.1, 0.15) is 45.2 Å². The fourth-order valence-corrected chi connectivity index (χ4v) is 3.51. The van der Waals surface area contributed by atoms with Gasteiger partial charge in [-0.15, -0.1) is 0 Å². The Morgan fingerprint density at radius 2 is 1.57 bits per heavy atom. The minimum Gasteiger partial charge on any atom is -0.350 e. The molecule has 1 heterocycles. The van der Waals surface area contributed by atoms with Crippen molar-refractivity contribution in [2.24, 2.45) is 0 Å². The molecule has 3 rings (SSSR count). The number of carbonyl (C=O) groups excluding carboxylic acids is 2. The summed E-state index contributed by atoms with van der Waals surface area (Å²) in [5.74, 6) is -0.158. The molecule has 2 aromatic carbocycles. The third kappa shape index (κ3) is 4.62. The van der Waals surface area contributed by atoms with Crippen LogP contribution in [0.15, 0.2) is 53.3 Å². The molecule has 0 aliphatic heterocycles. The quantitative estimate of drug-likeness (QED) is 0.599. The standard InChI is InChI=1S/C23H28N4O3/c1-4-21(28)25-18-12-10-17(11-13-18)16(3)24-22(29)14-15-27-20-9-7-6-8-19(20)26(5-2)23(27)30/h6-13,16H,4-5,14-15H2,1-3H3,(H,24,29)(H,25,28). The SMILES string of the molecule is CCC(=O)Nc1ccc(C(C)NC(=O)CCn2c(=O)n(CC)c3ccccc32)cc1. The second-order valence-electron chi connectivity index (χ2n) is 7.23. The predicted molar refractivity (Wildman–Crippen MR) is 118 cm³/mol. The Morgan fingerprint density at radius 3 is 2.17 bits per heavy atom. The van der Waals surface area contributed by atoms with Crippen LogP contribution in [-0.2, 0) is 22.7 Å². The van der Waals surface area contributed by atoms with Crippen LogP contribution >= 0.6 is 0 Å². The summed E-state index contributed by atoms with van der Waals surface area (Å²) < 4.78 is 3.38. The number of aromatic nitrogens is 2. The summed E-state index contributed by atoms with van der Waals surface area (Å²) in [6.45, 7) is 6.56. The monoisotopic (exact) mass is 408 g/mol. The molecule has 7 heteroatoms. The van der Waals surface area contributed by atoms with Crippen LogP contribution in [0.3, 0.4) is 0 Å². The highest BCUT2D eigenvalue weighted by molar-refractivity contribution is 5.90. The topological polar surface area (TPSA) is 85.1 Å². The third-order valence-electron chi connectivity index (χ3n) is 5.20. The van der Waals surface area contributed by atoms with E-state index in [1.54, 1.807) is 16.1 Å². The summed E-state index contributed by atoms with van der Waals surface area (Å²) in [5, 5.41) is 5.78. The summed E-state index contributed by atoms with van der Waals surface area (Å²) in [5.41, 5.74) is 3.31. The van der Waals surface area contributed by atoms with E-state index < -0.39 is 0 Å². The maximum atomic E-state index is 12.7. The molecule has 158 valence electrons.